The van der Waals surface area contributed by atoms with Gasteiger partial charge in [-0.25, -0.2) is 4.98 Å². The molecule has 0 bridgehead atoms. The second kappa shape index (κ2) is 7.29. The number of thiazole rings is 1. The van der Waals surface area contributed by atoms with E-state index >= 15 is 0 Å². The maximum Gasteiger partial charge on any atom is 0.227 e. The van der Waals surface area contributed by atoms with Gasteiger partial charge in [-0.05, 0) is 17.7 Å². The first-order valence-corrected chi connectivity index (χ1v) is 8.74. The zero-order valence-electron chi connectivity index (χ0n) is 12.7. The van der Waals surface area contributed by atoms with Gasteiger partial charge in [0.15, 0.2) is 5.13 Å². The third-order valence-electron chi connectivity index (χ3n) is 3.92. The van der Waals surface area contributed by atoms with Gasteiger partial charge in [-0.15, -0.1) is 11.3 Å². The molecule has 0 aliphatic carbocycles. The number of piperazine rings is 1. The Hall–Kier alpha value is -1.63. The van der Waals surface area contributed by atoms with Gasteiger partial charge in [0.05, 0.1) is 6.42 Å². The van der Waals surface area contributed by atoms with Crippen LogP contribution in [0.5, 0.6) is 0 Å². The highest BCUT2D eigenvalue weighted by atomic mass is 35.5. The van der Waals surface area contributed by atoms with Gasteiger partial charge in [0.1, 0.15) is 0 Å². The summed E-state index contributed by atoms with van der Waals surface area (Å²) in [5, 5.41) is 1.28. The molecule has 5 nitrogen and oxygen atoms in total. The van der Waals surface area contributed by atoms with Crippen LogP contribution in [0.4, 0.5) is 5.13 Å². The van der Waals surface area contributed by atoms with Crippen molar-refractivity contribution in [3.63, 3.8) is 0 Å². The molecule has 23 heavy (non-hydrogen) atoms. The van der Waals surface area contributed by atoms with E-state index in [-0.39, 0.29) is 5.91 Å². The van der Waals surface area contributed by atoms with Crippen LogP contribution in [0.1, 0.15) is 10.4 Å². The Morgan fingerprint density at radius 3 is 2.74 bits per heavy atom. The maximum atomic E-state index is 12.4. The van der Waals surface area contributed by atoms with Gasteiger partial charge < -0.3 is 10.6 Å². The number of rotatable bonds is 4. The molecule has 0 radical (unpaired) electrons. The lowest BCUT2D eigenvalue weighted by Crippen LogP contribution is -2.48. The molecular formula is C16H19ClN4OS. The summed E-state index contributed by atoms with van der Waals surface area (Å²) in [5.74, 6) is 0.161. The molecule has 7 heteroatoms. The third-order valence-corrected chi connectivity index (χ3v) is 4.97. The number of carbonyl (C=O) groups is 1. The summed E-state index contributed by atoms with van der Waals surface area (Å²) in [7, 11) is 0. The number of benzene rings is 1. The SMILES string of the molecule is Nc1ncc(CN2CCN(C(=O)Cc3cccc(Cl)c3)CC2)s1. The summed E-state index contributed by atoms with van der Waals surface area (Å²) in [6, 6.07) is 7.49. The van der Waals surface area contributed by atoms with E-state index in [9.17, 15) is 4.79 Å². The van der Waals surface area contributed by atoms with Crippen molar-refractivity contribution in [2.75, 3.05) is 31.9 Å². The Morgan fingerprint density at radius 2 is 2.09 bits per heavy atom. The van der Waals surface area contributed by atoms with E-state index in [1.54, 1.807) is 0 Å². The summed E-state index contributed by atoms with van der Waals surface area (Å²) < 4.78 is 0. The standard InChI is InChI=1S/C16H19ClN4OS/c17-13-3-1-2-12(8-13)9-15(22)21-6-4-20(5-7-21)11-14-10-19-16(18)23-14/h1-3,8,10H,4-7,9,11H2,(H2,18,19). The van der Waals surface area contributed by atoms with Crippen molar-refractivity contribution >= 4 is 34.0 Å². The van der Waals surface area contributed by atoms with E-state index in [1.807, 2.05) is 35.4 Å². The van der Waals surface area contributed by atoms with Crippen LogP contribution in [0.15, 0.2) is 30.5 Å². The molecule has 1 amide bonds. The van der Waals surface area contributed by atoms with Crippen LogP contribution in [0.3, 0.4) is 0 Å². The summed E-state index contributed by atoms with van der Waals surface area (Å²) in [6.45, 7) is 4.12. The molecule has 1 fully saturated rings. The Bertz CT molecular complexity index is 682. The highest BCUT2D eigenvalue weighted by Gasteiger charge is 2.21. The lowest BCUT2D eigenvalue weighted by molar-refractivity contribution is -0.132. The average Bonchev–Trinajstić information content (AvgIpc) is 2.93. The highest BCUT2D eigenvalue weighted by molar-refractivity contribution is 7.15. The van der Waals surface area contributed by atoms with Gasteiger partial charge in [0, 0.05) is 48.8 Å². The number of hydrogen-bond acceptors (Lipinski definition) is 5. The fraction of sp³-hybridized carbons (Fsp3) is 0.375. The van der Waals surface area contributed by atoms with Gasteiger partial charge in [0.25, 0.3) is 0 Å². The van der Waals surface area contributed by atoms with Crippen molar-refractivity contribution in [3.8, 4) is 0 Å². The normalized spacial score (nSPS) is 15.8. The maximum absolute atomic E-state index is 12.4. The number of aromatic nitrogens is 1. The van der Waals surface area contributed by atoms with Crippen LogP contribution in [0.2, 0.25) is 5.02 Å². The van der Waals surface area contributed by atoms with Crippen molar-refractivity contribution in [1.82, 2.24) is 14.8 Å². The van der Waals surface area contributed by atoms with Gasteiger partial charge in [-0.2, -0.15) is 0 Å². The average molecular weight is 351 g/mol. The second-order valence-electron chi connectivity index (χ2n) is 5.63. The smallest absolute Gasteiger partial charge is 0.227 e. The van der Waals surface area contributed by atoms with Crippen LogP contribution >= 0.6 is 22.9 Å². The van der Waals surface area contributed by atoms with E-state index in [2.05, 4.69) is 9.88 Å². The molecule has 0 unspecified atom stereocenters. The molecule has 1 aliphatic heterocycles. The van der Waals surface area contributed by atoms with E-state index in [1.165, 1.54) is 16.2 Å². The number of amides is 1. The van der Waals surface area contributed by atoms with Gasteiger partial charge in [-0.3, -0.25) is 9.69 Å². The summed E-state index contributed by atoms with van der Waals surface area (Å²) in [4.78, 5) is 21.9. The number of nitrogen functional groups attached to an aromatic ring is 1. The Kier molecular flexibility index (Phi) is 5.15. The summed E-state index contributed by atoms with van der Waals surface area (Å²) >= 11 is 7.49. The molecular weight excluding hydrogens is 332 g/mol. The minimum absolute atomic E-state index is 0.161. The molecule has 2 N–H and O–H groups in total. The predicted octanol–water partition coefficient (Wildman–Crippen LogP) is 2.27. The zero-order valence-corrected chi connectivity index (χ0v) is 14.3. The fourth-order valence-electron chi connectivity index (χ4n) is 2.70. The molecule has 0 saturated carbocycles. The van der Waals surface area contributed by atoms with Crippen molar-refractivity contribution in [1.29, 1.82) is 0 Å². The van der Waals surface area contributed by atoms with Crippen molar-refractivity contribution in [2.24, 2.45) is 0 Å². The summed E-state index contributed by atoms with van der Waals surface area (Å²) in [6.07, 6.45) is 2.24. The lowest BCUT2D eigenvalue weighted by atomic mass is 10.1. The van der Waals surface area contributed by atoms with Gasteiger partial charge in [0.2, 0.25) is 5.91 Å². The van der Waals surface area contributed by atoms with E-state index in [0.29, 0.717) is 16.6 Å². The first kappa shape index (κ1) is 16.2. The van der Waals surface area contributed by atoms with Crippen LogP contribution in [0, 0.1) is 0 Å². The highest BCUT2D eigenvalue weighted by Crippen LogP contribution is 2.18. The monoisotopic (exact) mass is 350 g/mol. The van der Waals surface area contributed by atoms with E-state index in [0.717, 1.165) is 38.3 Å². The third kappa shape index (κ3) is 4.43. The van der Waals surface area contributed by atoms with Crippen molar-refractivity contribution in [2.45, 2.75) is 13.0 Å². The van der Waals surface area contributed by atoms with Crippen molar-refractivity contribution < 1.29 is 4.79 Å². The number of nitrogens with zero attached hydrogens (tertiary/aromatic N) is 3. The molecule has 0 atom stereocenters. The molecule has 1 aliphatic rings. The van der Waals surface area contributed by atoms with Crippen molar-refractivity contribution in [3.05, 3.63) is 45.9 Å². The second-order valence-corrected chi connectivity index (χ2v) is 7.21. The Labute approximate surface area is 144 Å². The molecule has 1 aromatic heterocycles. The topological polar surface area (TPSA) is 62.5 Å². The molecule has 1 aromatic carbocycles. The minimum atomic E-state index is 0.161. The lowest BCUT2D eigenvalue weighted by Gasteiger charge is -2.34. The minimum Gasteiger partial charge on any atom is -0.375 e. The van der Waals surface area contributed by atoms with Crippen LogP contribution < -0.4 is 5.73 Å². The van der Waals surface area contributed by atoms with Crippen LogP contribution in [-0.4, -0.2) is 46.9 Å². The van der Waals surface area contributed by atoms with Crippen LogP contribution in [-0.2, 0) is 17.8 Å². The Balaban J connectivity index is 1.49. The number of halogens is 1. The molecule has 2 aromatic rings. The first-order chi connectivity index (χ1) is 11.1. The summed E-state index contributed by atoms with van der Waals surface area (Å²) in [5.41, 5.74) is 6.62. The zero-order chi connectivity index (χ0) is 16.2. The molecule has 2 heterocycles. The quantitative estimate of drug-likeness (QED) is 0.918. The van der Waals surface area contributed by atoms with Gasteiger partial charge in [-0.1, -0.05) is 23.7 Å². The molecule has 1 saturated heterocycles. The van der Waals surface area contributed by atoms with Gasteiger partial charge >= 0.3 is 0 Å². The molecule has 122 valence electrons. The number of anilines is 1. The number of hydrogen-bond donors (Lipinski definition) is 1. The first-order valence-electron chi connectivity index (χ1n) is 7.55. The molecule has 0 spiro atoms. The molecule has 3 rings (SSSR count). The Morgan fingerprint density at radius 1 is 1.30 bits per heavy atom. The predicted molar refractivity (Wildman–Crippen MR) is 93.5 cm³/mol. The number of nitrogens with two attached hydrogens (primary N) is 1. The largest absolute Gasteiger partial charge is 0.375 e. The van der Waals surface area contributed by atoms with Crippen LogP contribution in [0.25, 0.3) is 0 Å². The fourth-order valence-corrected chi connectivity index (χ4v) is 3.64. The van der Waals surface area contributed by atoms with E-state index in [4.69, 9.17) is 17.3 Å². The van der Waals surface area contributed by atoms with E-state index < -0.39 is 0 Å². The number of carbonyl (C=O) groups excluding carboxylic acids is 1.